The van der Waals surface area contributed by atoms with Crippen LogP contribution in [0.3, 0.4) is 0 Å². The standard InChI is InChI=1S/C6H12N2O/c1-7-8-3-6-2-5(8)4-9-6/h5-7H,2-4H2,1H3/t5-,6-/m0/s1. The third kappa shape index (κ3) is 0.764. The molecule has 2 atom stereocenters. The molecule has 2 aliphatic heterocycles. The van der Waals surface area contributed by atoms with Crippen molar-refractivity contribution in [1.29, 1.82) is 0 Å². The molecule has 9 heavy (non-hydrogen) atoms. The molecule has 0 amide bonds. The first-order valence-corrected chi connectivity index (χ1v) is 3.46. The monoisotopic (exact) mass is 128 g/mol. The van der Waals surface area contributed by atoms with Crippen LogP contribution in [0.15, 0.2) is 0 Å². The van der Waals surface area contributed by atoms with Gasteiger partial charge in [-0.3, -0.25) is 5.43 Å². The molecule has 0 aliphatic carbocycles. The number of hydrazine groups is 1. The van der Waals surface area contributed by atoms with Gasteiger partial charge in [-0.15, -0.1) is 0 Å². The van der Waals surface area contributed by atoms with Gasteiger partial charge in [0, 0.05) is 6.54 Å². The van der Waals surface area contributed by atoms with Crippen LogP contribution in [0.2, 0.25) is 0 Å². The van der Waals surface area contributed by atoms with Crippen molar-refractivity contribution in [2.45, 2.75) is 18.6 Å². The van der Waals surface area contributed by atoms with Gasteiger partial charge in [0.25, 0.3) is 0 Å². The summed E-state index contributed by atoms with van der Waals surface area (Å²) in [5.41, 5.74) is 3.15. The fourth-order valence-electron chi connectivity index (χ4n) is 1.67. The first kappa shape index (κ1) is 5.65. The maximum atomic E-state index is 5.40. The lowest BCUT2D eigenvalue weighted by Crippen LogP contribution is -2.44. The molecule has 0 aromatic heterocycles. The smallest absolute Gasteiger partial charge is 0.0733 e. The number of ether oxygens (including phenoxy) is 1. The lowest BCUT2D eigenvalue weighted by molar-refractivity contribution is 0.0117. The van der Waals surface area contributed by atoms with Crippen LogP contribution in [-0.2, 0) is 4.74 Å². The molecule has 2 heterocycles. The first-order chi connectivity index (χ1) is 4.40. The van der Waals surface area contributed by atoms with Crippen LogP contribution < -0.4 is 5.43 Å². The summed E-state index contributed by atoms with van der Waals surface area (Å²) in [4.78, 5) is 0. The molecule has 3 nitrogen and oxygen atoms in total. The van der Waals surface area contributed by atoms with E-state index in [1.165, 1.54) is 6.42 Å². The Morgan fingerprint density at radius 3 is 2.89 bits per heavy atom. The van der Waals surface area contributed by atoms with Gasteiger partial charge in [-0.1, -0.05) is 0 Å². The molecular formula is C6H12N2O. The quantitative estimate of drug-likeness (QED) is 0.519. The number of hydrogen-bond acceptors (Lipinski definition) is 3. The normalized spacial score (nSPS) is 42.3. The summed E-state index contributed by atoms with van der Waals surface area (Å²) in [5, 5.41) is 2.26. The molecule has 3 heteroatoms. The first-order valence-electron chi connectivity index (χ1n) is 3.46. The second-order valence-electron chi connectivity index (χ2n) is 2.72. The summed E-state index contributed by atoms with van der Waals surface area (Å²) >= 11 is 0. The van der Waals surface area contributed by atoms with Crippen molar-refractivity contribution in [1.82, 2.24) is 10.4 Å². The van der Waals surface area contributed by atoms with E-state index in [9.17, 15) is 0 Å². The Bertz CT molecular complexity index is 118. The van der Waals surface area contributed by atoms with E-state index < -0.39 is 0 Å². The molecule has 0 aromatic rings. The Labute approximate surface area is 54.9 Å². The van der Waals surface area contributed by atoms with Gasteiger partial charge in [0.1, 0.15) is 0 Å². The largest absolute Gasteiger partial charge is 0.375 e. The predicted molar refractivity (Wildman–Crippen MR) is 33.9 cm³/mol. The number of nitrogens with zero attached hydrogens (tertiary/aromatic N) is 1. The molecule has 2 rings (SSSR count). The molecule has 0 unspecified atom stereocenters. The molecule has 2 saturated heterocycles. The van der Waals surface area contributed by atoms with Gasteiger partial charge in [-0.2, -0.15) is 0 Å². The van der Waals surface area contributed by atoms with E-state index in [0.29, 0.717) is 12.1 Å². The summed E-state index contributed by atoms with van der Waals surface area (Å²) in [6.45, 7) is 1.99. The maximum Gasteiger partial charge on any atom is 0.0733 e. The van der Waals surface area contributed by atoms with Gasteiger partial charge in [0.15, 0.2) is 0 Å². The zero-order valence-corrected chi connectivity index (χ0v) is 5.63. The number of fused-ring (bicyclic) bond motifs is 2. The van der Waals surface area contributed by atoms with Crippen molar-refractivity contribution in [3.8, 4) is 0 Å². The van der Waals surface area contributed by atoms with E-state index in [4.69, 9.17) is 4.74 Å². The van der Waals surface area contributed by atoms with Crippen LogP contribution in [0.4, 0.5) is 0 Å². The van der Waals surface area contributed by atoms with E-state index in [1.807, 2.05) is 7.05 Å². The predicted octanol–water partition coefficient (Wildman–Crippen LogP) is -0.406. The number of morpholine rings is 1. The van der Waals surface area contributed by atoms with Gasteiger partial charge in [0.2, 0.25) is 0 Å². The van der Waals surface area contributed by atoms with Crippen molar-refractivity contribution in [3.05, 3.63) is 0 Å². The second kappa shape index (κ2) is 1.94. The SMILES string of the molecule is CNN1C[C@@H]2C[C@H]1CO2. The third-order valence-electron chi connectivity index (χ3n) is 2.19. The molecule has 2 fully saturated rings. The minimum absolute atomic E-state index is 0.516. The minimum Gasteiger partial charge on any atom is -0.375 e. The molecule has 52 valence electrons. The number of rotatable bonds is 1. The van der Waals surface area contributed by atoms with Gasteiger partial charge < -0.3 is 4.74 Å². The number of hydrogen-bond donors (Lipinski definition) is 1. The Balaban J connectivity index is 2.01. The molecule has 2 bridgehead atoms. The molecule has 2 aliphatic rings. The average Bonchev–Trinajstić information content (AvgIpc) is 2.45. The van der Waals surface area contributed by atoms with Crippen LogP contribution in [0.25, 0.3) is 0 Å². The van der Waals surface area contributed by atoms with E-state index in [-0.39, 0.29) is 0 Å². The van der Waals surface area contributed by atoms with Crippen LogP contribution in [0.5, 0.6) is 0 Å². The molecule has 0 spiro atoms. The summed E-state index contributed by atoms with van der Waals surface area (Å²) in [6.07, 6.45) is 1.74. The van der Waals surface area contributed by atoms with Crippen molar-refractivity contribution >= 4 is 0 Å². The molecule has 0 aromatic carbocycles. The summed E-state index contributed by atoms with van der Waals surface area (Å²) in [7, 11) is 1.97. The fraction of sp³-hybridized carbons (Fsp3) is 1.00. The Kier molecular flexibility index (Phi) is 1.22. The van der Waals surface area contributed by atoms with Gasteiger partial charge >= 0.3 is 0 Å². The van der Waals surface area contributed by atoms with Crippen LogP contribution in [-0.4, -0.2) is 37.4 Å². The average molecular weight is 128 g/mol. The van der Waals surface area contributed by atoms with E-state index in [0.717, 1.165) is 13.2 Å². The van der Waals surface area contributed by atoms with Crippen molar-refractivity contribution in [2.24, 2.45) is 0 Å². The minimum atomic E-state index is 0.516. The lowest BCUT2D eigenvalue weighted by atomic mass is 10.3. The van der Waals surface area contributed by atoms with Gasteiger partial charge in [0.05, 0.1) is 18.8 Å². The maximum absolute atomic E-state index is 5.40. The van der Waals surface area contributed by atoms with Gasteiger partial charge in [-0.25, -0.2) is 5.01 Å². The Morgan fingerprint density at radius 1 is 1.67 bits per heavy atom. The van der Waals surface area contributed by atoms with Crippen LogP contribution >= 0.6 is 0 Å². The summed E-state index contributed by atoms with van der Waals surface area (Å²) in [5.74, 6) is 0. The van der Waals surface area contributed by atoms with E-state index in [1.54, 1.807) is 0 Å². The van der Waals surface area contributed by atoms with Crippen LogP contribution in [0.1, 0.15) is 6.42 Å². The second-order valence-corrected chi connectivity index (χ2v) is 2.72. The van der Waals surface area contributed by atoms with Crippen LogP contribution in [0, 0.1) is 0 Å². The summed E-state index contributed by atoms with van der Waals surface area (Å²) < 4.78 is 5.40. The molecule has 0 saturated carbocycles. The third-order valence-corrected chi connectivity index (χ3v) is 2.19. The Morgan fingerprint density at radius 2 is 2.56 bits per heavy atom. The highest BCUT2D eigenvalue weighted by atomic mass is 16.5. The highest BCUT2D eigenvalue weighted by molar-refractivity contribution is 4.88. The number of nitrogens with one attached hydrogen (secondary N) is 1. The lowest BCUT2D eigenvalue weighted by Gasteiger charge is -2.24. The summed E-state index contributed by atoms with van der Waals surface area (Å²) in [6, 6.07) is 0.653. The topological polar surface area (TPSA) is 24.5 Å². The van der Waals surface area contributed by atoms with Crippen molar-refractivity contribution in [3.63, 3.8) is 0 Å². The van der Waals surface area contributed by atoms with Crippen molar-refractivity contribution < 1.29 is 4.74 Å². The zero-order chi connectivity index (χ0) is 6.27. The van der Waals surface area contributed by atoms with Gasteiger partial charge in [-0.05, 0) is 13.5 Å². The highest BCUT2D eigenvalue weighted by Crippen LogP contribution is 2.25. The molecular weight excluding hydrogens is 116 g/mol. The fourth-order valence-corrected chi connectivity index (χ4v) is 1.67. The molecule has 1 N–H and O–H groups in total. The Hall–Kier alpha value is -0.120. The van der Waals surface area contributed by atoms with Crippen molar-refractivity contribution in [2.75, 3.05) is 20.2 Å². The zero-order valence-electron chi connectivity index (χ0n) is 5.63. The van der Waals surface area contributed by atoms with E-state index in [2.05, 4.69) is 10.4 Å². The molecule has 0 radical (unpaired) electrons. The van der Waals surface area contributed by atoms with E-state index >= 15 is 0 Å². The highest BCUT2D eigenvalue weighted by Gasteiger charge is 2.38.